The third kappa shape index (κ3) is 2.41. The Morgan fingerprint density at radius 1 is 0.957 bits per heavy atom. The number of fused-ring (bicyclic) bond motifs is 2. The first-order chi connectivity index (χ1) is 11.2. The zero-order valence-corrected chi connectivity index (χ0v) is 12.7. The second kappa shape index (κ2) is 5.37. The smallest absolute Gasteiger partial charge is 0.265 e. The number of rotatable bonds is 2. The predicted octanol–water partition coefficient (Wildman–Crippen LogP) is 4.26. The third-order valence-electron chi connectivity index (χ3n) is 3.58. The molecule has 2 heterocycles. The van der Waals surface area contributed by atoms with Gasteiger partial charge in [0.1, 0.15) is 11.2 Å². The van der Waals surface area contributed by atoms with Crippen molar-refractivity contribution in [3.8, 4) is 0 Å². The van der Waals surface area contributed by atoms with Gasteiger partial charge in [-0.3, -0.25) is 9.59 Å². The summed E-state index contributed by atoms with van der Waals surface area (Å²) in [6, 6.07) is 15.8. The van der Waals surface area contributed by atoms with Gasteiger partial charge in [-0.25, -0.2) is 0 Å². The largest absolute Gasteiger partial charge is 0.456 e. The average molecular weight is 321 g/mol. The van der Waals surface area contributed by atoms with Crippen molar-refractivity contribution in [2.75, 3.05) is 5.32 Å². The molecule has 4 aromatic rings. The number of hydrogen-bond acceptors (Lipinski definition) is 4. The van der Waals surface area contributed by atoms with Crippen molar-refractivity contribution in [2.24, 2.45) is 0 Å². The van der Waals surface area contributed by atoms with Gasteiger partial charge in [0.05, 0.1) is 15.6 Å². The fourth-order valence-electron chi connectivity index (χ4n) is 2.48. The standard InChI is InChI=1S/C18H11NO3S/c20-17-12-4-1-2-5-14(12)22-15-10-11(7-8-13(15)17)19-18(21)16-6-3-9-23-16/h1-10H,(H,19,21). The lowest BCUT2D eigenvalue weighted by molar-refractivity contribution is 0.103. The maximum atomic E-state index is 12.5. The van der Waals surface area contributed by atoms with Gasteiger partial charge >= 0.3 is 0 Å². The Bertz CT molecular complexity index is 1080. The highest BCUT2D eigenvalue weighted by atomic mass is 32.1. The summed E-state index contributed by atoms with van der Waals surface area (Å²) in [6.45, 7) is 0. The molecule has 2 aromatic heterocycles. The molecular weight excluding hydrogens is 310 g/mol. The molecule has 0 aliphatic rings. The first-order valence-electron chi connectivity index (χ1n) is 7.03. The molecule has 0 fully saturated rings. The third-order valence-corrected chi connectivity index (χ3v) is 4.45. The second-order valence-electron chi connectivity index (χ2n) is 5.07. The van der Waals surface area contributed by atoms with Crippen LogP contribution in [0, 0.1) is 0 Å². The zero-order chi connectivity index (χ0) is 15.8. The maximum Gasteiger partial charge on any atom is 0.265 e. The summed E-state index contributed by atoms with van der Waals surface area (Å²) in [5.74, 6) is -0.178. The summed E-state index contributed by atoms with van der Waals surface area (Å²) in [4.78, 5) is 25.2. The van der Waals surface area contributed by atoms with Crippen molar-refractivity contribution < 1.29 is 9.21 Å². The first kappa shape index (κ1) is 13.7. The Labute approximate surface area is 135 Å². The Morgan fingerprint density at radius 2 is 1.78 bits per heavy atom. The van der Waals surface area contributed by atoms with Gasteiger partial charge in [0.15, 0.2) is 0 Å². The molecule has 0 unspecified atom stereocenters. The molecule has 0 spiro atoms. The van der Waals surface area contributed by atoms with Gasteiger partial charge in [0.25, 0.3) is 5.91 Å². The Kier molecular flexibility index (Phi) is 3.20. The van der Waals surface area contributed by atoms with Crippen LogP contribution in [0.5, 0.6) is 0 Å². The number of thiophene rings is 1. The molecule has 4 nitrogen and oxygen atoms in total. The van der Waals surface area contributed by atoms with Gasteiger partial charge in [-0.05, 0) is 35.7 Å². The highest BCUT2D eigenvalue weighted by Gasteiger charge is 2.10. The van der Waals surface area contributed by atoms with Crippen LogP contribution in [0.25, 0.3) is 21.9 Å². The number of amides is 1. The van der Waals surface area contributed by atoms with Gasteiger partial charge < -0.3 is 9.73 Å². The van der Waals surface area contributed by atoms with Gasteiger partial charge in [-0.15, -0.1) is 11.3 Å². The Hall–Kier alpha value is -2.92. The molecule has 0 saturated carbocycles. The second-order valence-corrected chi connectivity index (χ2v) is 6.02. The van der Waals surface area contributed by atoms with Crippen molar-refractivity contribution in [3.63, 3.8) is 0 Å². The summed E-state index contributed by atoms with van der Waals surface area (Å²) in [5.41, 5.74) is 1.51. The van der Waals surface area contributed by atoms with Crippen LogP contribution in [0.1, 0.15) is 9.67 Å². The first-order valence-corrected chi connectivity index (χ1v) is 7.91. The predicted molar refractivity (Wildman–Crippen MR) is 92.3 cm³/mol. The van der Waals surface area contributed by atoms with Crippen LogP contribution < -0.4 is 10.7 Å². The fraction of sp³-hybridized carbons (Fsp3) is 0. The lowest BCUT2D eigenvalue weighted by atomic mass is 10.1. The Balaban J connectivity index is 1.80. The molecule has 0 aliphatic heterocycles. The van der Waals surface area contributed by atoms with E-state index in [0.717, 1.165) is 0 Å². The molecule has 5 heteroatoms. The quantitative estimate of drug-likeness (QED) is 0.561. The molecule has 0 radical (unpaired) electrons. The molecule has 0 aliphatic carbocycles. The van der Waals surface area contributed by atoms with E-state index in [9.17, 15) is 9.59 Å². The van der Waals surface area contributed by atoms with Crippen LogP contribution >= 0.6 is 11.3 Å². The molecule has 0 atom stereocenters. The van der Waals surface area contributed by atoms with E-state index in [1.807, 2.05) is 17.5 Å². The van der Waals surface area contributed by atoms with Crippen molar-refractivity contribution in [2.45, 2.75) is 0 Å². The molecule has 2 aromatic carbocycles. The van der Waals surface area contributed by atoms with Crippen molar-refractivity contribution >= 4 is 44.9 Å². The number of carbonyl (C=O) groups is 1. The van der Waals surface area contributed by atoms with Gasteiger partial charge in [-0.2, -0.15) is 0 Å². The van der Waals surface area contributed by atoms with Gasteiger partial charge in [-0.1, -0.05) is 18.2 Å². The minimum atomic E-state index is -0.178. The number of nitrogens with one attached hydrogen (secondary N) is 1. The summed E-state index contributed by atoms with van der Waals surface area (Å²) < 4.78 is 5.79. The highest BCUT2D eigenvalue weighted by molar-refractivity contribution is 7.12. The molecule has 1 amide bonds. The normalized spacial score (nSPS) is 11.0. The van der Waals surface area contributed by atoms with Crippen LogP contribution in [0.3, 0.4) is 0 Å². The van der Waals surface area contributed by atoms with Crippen molar-refractivity contribution in [3.05, 3.63) is 75.1 Å². The monoisotopic (exact) mass is 321 g/mol. The lowest BCUT2D eigenvalue weighted by Gasteiger charge is -2.06. The lowest BCUT2D eigenvalue weighted by Crippen LogP contribution is -2.10. The number of para-hydroxylation sites is 1. The van der Waals surface area contributed by atoms with E-state index in [-0.39, 0.29) is 11.3 Å². The summed E-state index contributed by atoms with van der Waals surface area (Å²) in [6.07, 6.45) is 0. The van der Waals surface area contributed by atoms with E-state index >= 15 is 0 Å². The van der Waals surface area contributed by atoms with Crippen LogP contribution in [-0.2, 0) is 0 Å². The topological polar surface area (TPSA) is 59.3 Å². The summed E-state index contributed by atoms with van der Waals surface area (Å²) in [7, 11) is 0. The molecule has 0 bridgehead atoms. The molecule has 4 rings (SSSR count). The number of carbonyl (C=O) groups excluding carboxylic acids is 1. The molecule has 0 saturated heterocycles. The number of benzene rings is 2. The Morgan fingerprint density at radius 3 is 2.61 bits per heavy atom. The summed E-state index contributed by atoms with van der Waals surface area (Å²) >= 11 is 1.37. The molecular formula is C18H11NO3S. The SMILES string of the molecule is O=C(Nc1ccc2c(=O)c3ccccc3oc2c1)c1cccs1. The number of hydrogen-bond donors (Lipinski definition) is 1. The maximum absolute atomic E-state index is 12.5. The van der Waals surface area contributed by atoms with Crippen LogP contribution in [0.4, 0.5) is 5.69 Å². The van der Waals surface area contributed by atoms with Crippen LogP contribution in [0.15, 0.2) is 69.2 Å². The summed E-state index contributed by atoms with van der Waals surface area (Å²) in [5, 5.41) is 5.71. The highest BCUT2D eigenvalue weighted by Crippen LogP contribution is 2.22. The minimum absolute atomic E-state index is 0.0713. The number of anilines is 1. The zero-order valence-electron chi connectivity index (χ0n) is 11.9. The van der Waals surface area contributed by atoms with E-state index < -0.39 is 0 Å². The van der Waals surface area contributed by atoms with Gasteiger partial charge in [0.2, 0.25) is 5.43 Å². The van der Waals surface area contributed by atoms with E-state index in [2.05, 4.69) is 5.32 Å². The average Bonchev–Trinajstić information content (AvgIpc) is 3.09. The van der Waals surface area contributed by atoms with E-state index in [1.165, 1.54) is 11.3 Å². The van der Waals surface area contributed by atoms with Gasteiger partial charge in [0, 0.05) is 11.8 Å². The molecule has 1 N–H and O–H groups in total. The van der Waals surface area contributed by atoms with E-state index in [1.54, 1.807) is 42.5 Å². The molecule has 112 valence electrons. The van der Waals surface area contributed by atoms with Crippen molar-refractivity contribution in [1.82, 2.24) is 0 Å². The van der Waals surface area contributed by atoms with E-state index in [4.69, 9.17) is 4.42 Å². The van der Waals surface area contributed by atoms with E-state index in [0.29, 0.717) is 32.5 Å². The van der Waals surface area contributed by atoms with Crippen molar-refractivity contribution in [1.29, 1.82) is 0 Å². The minimum Gasteiger partial charge on any atom is -0.456 e. The fourth-order valence-corrected chi connectivity index (χ4v) is 3.10. The van der Waals surface area contributed by atoms with Crippen LogP contribution in [0.2, 0.25) is 0 Å². The molecule has 23 heavy (non-hydrogen) atoms. The van der Waals surface area contributed by atoms with Crippen LogP contribution in [-0.4, -0.2) is 5.91 Å².